The molecule has 0 saturated heterocycles. The van der Waals surface area contributed by atoms with E-state index in [1.165, 1.54) is 11.6 Å². The number of anilines is 1. The summed E-state index contributed by atoms with van der Waals surface area (Å²) >= 11 is 0. The van der Waals surface area contributed by atoms with Crippen LogP contribution in [0.3, 0.4) is 0 Å². The van der Waals surface area contributed by atoms with Gasteiger partial charge in [0.15, 0.2) is 11.6 Å². The summed E-state index contributed by atoms with van der Waals surface area (Å²) in [5.41, 5.74) is 1.80. The van der Waals surface area contributed by atoms with Gasteiger partial charge in [-0.15, -0.1) is 0 Å². The Hall–Kier alpha value is -2.36. The van der Waals surface area contributed by atoms with E-state index in [1.54, 1.807) is 6.20 Å². The molecule has 0 aliphatic carbocycles. The van der Waals surface area contributed by atoms with Gasteiger partial charge in [0, 0.05) is 29.3 Å². The van der Waals surface area contributed by atoms with Crippen LogP contribution in [0.5, 0.6) is 0 Å². The Morgan fingerprint density at radius 1 is 1.27 bits per heavy atom. The minimum Gasteiger partial charge on any atom is -0.359 e. The lowest BCUT2D eigenvalue weighted by molar-refractivity contribution is 0.104. The van der Waals surface area contributed by atoms with E-state index in [9.17, 15) is 4.79 Å². The number of allylic oxidation sites excluding steroid dienone is 1. The second-order valence-corrected chi connectivity index (χ2v) is 6.22. The number of rotatable bonds is 5. The Labute approximate surface area is 131 Å². The van der Waals surface area contributed by atoms with E-state index >= 15 is 0 Å². The number of nitrogens with one attached hydrogen (secondary N) is 1. The van der Waals surface area contributed by atoms with Crippen molar-refractivity contribution in [2.45, 2.75) is 39.5 Å². The van der Waals surface area contributed by atoms with Crippen molar-refractivity contribution in [2.75, 3.05) is 5.32 Å². The van der Waals surface area contributed by atoms with Gasteiger partial charge in [-0.25, -0.2) is 0 Å². The fraction of sp³-hybridized carbons (Fsp3) is 0.333. The monoisotopic (exact) mass is 298 g/mol. The van der Waals surface area contributed by atoms with Gasteiger partial charge in [-0.05, 0) is 12.0 Å². The highest BCUT2D eigenvalue weighted by atomic mass is 16.5. The number of carbonyl (C=O) groups is 1. The van der Waals surface area contributed by atoms with Crippen molar-refractivity contribution in [1.82, 2.24) is 5.16 Å². The van der Waals surface area contributed by atoms with Crippen LogP contribution >= 0.6 is 0 Å². The van der Waals surface area contributed by atoms with Crippen LogP contribution in [-0.4, -0.2) is 10.9 Å². The van der Waals surface area contributed by atoms with Crippen LogP contribution in [0.4, 0.5) is 5.82 Å². The molecule has 4 nitrogen and oxygen atoms in total. The van der Waals surface area contributed by atoms with Crippen molar-refractivity contribution < 1.29 is 9.32 Å². The van der Waals surface area contributed by atoms with Crippen LogP contribution < -0.4 is 5.32 Å². The number of aryl methyl sites for hydroxylation is 1. The van der Waals surface area contributed by atoms with Crippen molar-refractivity contribution in [3.63, 3.8) is 0 Å². The molecule has 0 amide bonds. The first kappa shape index (κ1) is 16.0. The quantitative estimate of drug-likeness (QED) is 0.659. The Balaban J connectivity index is 1.96. The van der Waals surface area contributed by atoms with Gasteiger partial charge >= 0.3 is 0 Å². The summed E-state index contributed by atoms with van der Waals surface area (Å²) < 4.78 is 5.27. The maximum absolute atomic E-state index is 12.0. The first-order chi connectivity index (χ1) is 10.4. The van der Waals surface area contributed by atoms with Crippen molar-refractivity contribution >= 4 is 11.6 Å². The average molecular weight is 298 g/mol. The largest absolute Gasteiger partial charge is 0.359 e. The summed E-state index contributed by atoms with van der Waals surface area (Å²) in [5.74, 6) is 1.34. The molecule has 2 rings (SSSR count). The van der Waals surface area contributed by atoms with Gasteiger partial charge in [-0.3, -0.25) is 4.79 Å². The predicted octanol–water partition coefficient (Wildman–Crippen LogP) is 4.34. The van der Waals surface area contributed by atoms with Crippen molar-refractivity contribution in [1.29, 1.82) is 0 Å². The molecule has 0 spiro atoms. The van der Waals surface area contributed by atoms with E-state index in [-0.39, 0.29) is 11.2 Å². The van der Waals surface area contributed by atoms with Crippen LogP contribution in [0.2, 0.25) is 0 Å². The van der Waals surface area contributed by atoms with Gasteiger partial charge in [-0.2, -0.15) is 0 Å². The summed E-state index contributed by atoms with van der Waals surface area (Å²) in [5, 5.41) is 6.88. The molecule has 0 bridgehead atoms. The molecular formula is C18H22N2O2. The normalized spacial score (nSPS) is 11.8. The Morgan fingerprint density at radius 2 is 1.95 bits per heavy atom. The molecule has 116 valence electrons. The molecule has 22 heavy (non-hydrogen) atoms. The molecule has 1 aromatic heterocycles. The van der Waals surface area contributed by atoms with Gasteiger partial charge in [-0.1, -0.05) is 57.1 Å². The number of ketones is 1. The van der Waals surface area contributed by atoms with Crippen molar-refractivity contribution in [2.24, 2.45) is 0 Å². The number of benzene rings is 1. The highest BCUT2D eigenvalue weighted by molar-refractivity contribution is 6.04. The molecule has 0 radical (unpaired) electrons. The highest BCUT2D eigenvalue weighted by Crippen LogP contribution is 2.24. The minimum absolute atomic E-state index is 0.0466. The van der Waals surface area contributed by atoms with Gasteiger partial charge in [0.25, 0.3) is 0 Å². The van der Waals surface area contributed by atoms with E-state index < -0.39 is 0 Å². The second-order valence-electron chi connectivity index (χ2n) is 6.22. The van der Waals surface area contributed by atoms with Crippen LogP contribution in [0.15, 0.2) is 47.1 Å². The van der Waals surface area contributed by atoms with Crippen LogP contribution in [0.1, 0.15) is 49.4 Å². The fourth-order valence-corrected chi connectivity index (χ4v) is 1.90. The van der Waals surface area contributed by atoms with Crippen molar-refractivity contribution in [3.05, 3.63) is 59.5 Å². The smallest absolute Gasteiger partial charge is 0.187 e. The molecular weight excluding hydrogens is 276 g/mol. The third-order valence-corrected chi connectivity index (χ3v) is 3.36. The van der Waals surface area contributed by atoms with Crippen LogP contribution in [0.25, 0.3) is 0 Å². The molecule has 0 aliphatic rings. The summed E-state index contributed by atoms with van der Waals surface area (Å²) in [4.78, 5) is 12.0. The van der Waals surface area contributed by atoms with Gasteiger partial charge in [0.05, 0.1) is 0 Å². The molecule has 0 atom stereocenters. The highest BCUT2D eigenvalue weighted by Gasteiger charge is 2.19. The predicted molar refractivity (Wildman–Crippen MR) is 88.1 cm³/mol. The number of hydrogen-bond donors (Lipinski definition) is 1. The maximum Gasteiger partial charge on any atom is 0.187 e. The van der Waals surface area contributed by atoms with E-state index in [0.717, 1.165) is 12.2 Å². The second kappa shape index (κ2) is 6.60. The summed E-state index contributed by atoms with van der Waals surface area (Å²) in [7, 11) is 0. The molecule has 0 fully saturated rings. The molecule has 2 aromatic rings. The zero-order valence-electron chi connectivity index (χ0n) is 13.5. The SMILES string of the molecule is CCc1ccc(C(=O)C=CNc2cc(C(C)(C)C)on2)cc1. The first-order valence-corrected chi connectivity index (χ1v) is 7.43. The standard InChI is InChI=1S/C18H22N2O2/c1-5-13-6-8-14(9-7-13)15(21)10-11-19-17-12-16(22-20-17)18(2,3)4/h6-12H,5H2,1-4H3,(H,19,20). The summed E-state index contributed by atoms with van der Waals surface area (Å²) in [6.45, 7) is 8.24. The van der Waals surface area contributed by atoms with E-state index in [2.05, 4.69) is 38.2 Å². The Kier molecular flexibility index (Phi) is 4.81. The molecule has 0 unspecified atom stereocenters. The zero-order chi connectivity index (χ0) is 16.2. The Bertz CT molecular complexity index is 661. The van der Waals surface area contributed by atoms with E-state index in [4.69, 9.17) is 4.52 Å². The molecule has 0 aliphatic heterocycles. The van der Waals surface area contributed by atoms with E-state index in [0.29, 0.717) is 11.4 Å². The van der Waals surface area contributed by atoms with E-state index in [1.807, 2.05) is 30.3 Å². The zero-order valence-corrected chi connectivity index (χ0v) is 13.5. The maximum atomic E-state index is 12.0. The molecule has 0 saturated carbocycles. The van der Waals surface area contributed by atoms with Crippen LogP contribution in [-0.2, 0) is 11.8 Å². The Morgan fingerprint density at radius 3 is 2.50 bits per heavy atom. The fourth-order valence-electron chi connectivity index (χ4n) is 1.90. The third-order valence-electron chi connectivity index (χ3n) is 3.36. The number of aromatic nitrogens is 1. The number of carbonyl (C=O) groups excluding carboxylic acids is 1. The molecule has 1 N–H and O–H groups in total. The first-order valence-electron chi connectivity index (χ1n) is 7.43. The lowest BCUT2D eigenvalue weighted by Gasteiger charge is -2.11. The molecule has 1 aromatic carbocycles. The minimum atomic E-state index is -0.0898. The van der Waals surface area contributed by atoms with Crippen molar-refractivity contribution in [3.8, 4) is 0 Å². The lowest BCUT2D eigenvalue weighted by atomic mass is 9.93. The number of hydrogen-bond acceptors (Lipinski definition) is 4. The van der Waals surface area contributed by atoms with Gasteiger partial charge in [0.2, 0.25) is 0 Å². The average Bonchev–Trinajstić information content (AvgIpc) is 2.96. The van der Waals surface area contributed by atoms with Gasteiger partial charge in [0.1, 0.15) is 5.76 Å². The summed E-state index contributed by atoms with van der Waals surface area (Å²) in [6, 6.07) is 9.48. The van der Waals surface area contributed by atoms with Crippen LogP contribution in [0, 0.1) is 0 Å². The third kappa shape index (κ3) is 4.07. The topological polar surface area (TPSA) is 55.1 Å². The summed E-state index contributed by atoms with van der Waals surface area (Å²) in [6.07, 6.45) is 4.04. The molecule has 1 heterocycles. The van der Waals surface area contributed by atoms with Gasteiger partial charge < -0.3 is 9.84 Å². The lowest BCUT2D eigenvalue weighted by Crippen LogP contribution is -2.09. The molecule has 4 heteroatoms. The number of nitrogens with zero attached hydrogens (tertiary/aromatic N) is 1.